The van der Waals surface area contributed by atoms with Crippen molar-refractivity contribution in [3.63, 3.8) is 0 Å². The van der Waals surface area contributed by atoms with Crippen LogP contribution in [0.1, 0.15) is 34.1 Å². The second-order valence-corrected chi connectivity index (χ2v) is 6.06. The third-order valence-electron chi connectivity index (χ3n) is 3.92. The van der Waals surface area contributed by atoms with Gasteiger partial charge in [-0.25, -0.2) is 4.98 Å². The third kappa shape index (κ3) is 2.93. The lowest BCUT2D eigenvalue weighted by atomic mass is 9.97. The van der Waals surface area contributed by atoms with Gasteiger partial charge in [-0.15, -0.1) is 11.3 Å². The number of rotatable bonds is 3. The Balaban J connectivity index is 1.68. The maximum Gasteiger partial charge on any atom is 0.257 e. The zero-order valence-corrected chi connectivity index (χ0v) is 12.8. The minimum absolute atomic E-state index is 0.0602. The summed E-state index contributed by atoms with van der Waals surface area (Å²) in [6.07, 6.45) is 3.81. The number of hydrogen-bond acceptors (Lipinski definition) is 4. The Kier molecular flexibility index (Phi) is 4.20. The van der Waals surface area contributed by atoms with Crippen LogP contribution in [0.5, 0.6) is 5.75 Å². The van der Waals surface area contributed by atoms with Crippen molar-refractivity contribution in [2.45, 2.75) is 18.8 Å². The molecule has 0 saturated carbocycles. The predicted molar refractivity (Wildman–Crippen MR) is 83.0 cm³/mol. The van der Waals surface area contributed by atoms with Gasteiger partial charge >= 0.3 is 0 Å². The molecular weight excluding hydrogens is 284 g/mol. The number of methoxy groups -OCH3 is 1. The standard InChI is InChI=1S/C16H18N2O2S/c1-20-14-5-3-2-4-13(14)16(19)18-9-6-12(7-10-18)15-17-8-11-21-15/h2-5,8,11-12H,6-7,9-10H2,1H3. The highest BCUT2D eigenvalue weighted by atomic mass is 32.1. The fourth-order valence-corrected chi connectivity index (χ4v) is 3.57. The zero-order valence-electron chi connectivity index (χ0n) is 12.0. The maximum atomic E-state index is 12.6. The van der Waals surface area contributed by atoms with Crippen LogP contribution in [0.15, 0.2) is 35.8 Å². The molecule has 0 N–H and O–H groups in total. The van der Waals surface area contributed by atoms with Crippen LogP contribution in [0.3, 0.4) is 0 Å². The summed E-state index contributed by atoms with van der Waals surface area (Å²) in [5.74, 6) is 1.20. The van der Waals surface area contributed by atoms with Crippen LogP contribution in [-0.2, 0) is 0 Å². The number of hydrogen-bond donors (Lipinski definition) is 0. The Morgan fingerprint density at radius 1 is 1.33 bits per heavy atom. The van der Waals surface area contributed by atoms with Crippen LogP contribution >= 0.6 is 11.3 Å². The average Bonchev–Trinajstić information content (AvgIpc) is 3.09. The number of para-hydroxylation sites is 1. The van der Waals surface area contributed by atoms with Crippen molar-refractivity contribution in [3.05, 3.63) is 46.4 Å². The summed E-state index contributed by atoms with van der Waals surface area (Å²) >= 11 is 1.71. The van der Waals surface area contributed by atoms with E-state index in [1.165, 1.54) is 5.01 Å². The van der Waals surface area contributed by atoms with E-state index in [2.05, 4.69) is 4.98 Å². The molecule has 3 rings (SSSR count). The summed E-state index contributed by atoms with van der Waals surface area (Å²) in [4.78, 5) is 18.9. The third-order valence-corrected chi connectivity index (χ3v) is 4.86. The van der Waals surface area contributed by atoms with Crippen LogP contribution in [-0.4, -0.2) is 36.0 Å². The number of ether oxygens (including phenoxy) is 1. The Morgan fingerprint density at radius 2 is 2.10 bits per heavy atom. The number of likely N-dealkylation sites (tertiary alicyclic amines) is 1. The van der Waals surface area contributed by atoms with Gasteiger partial charge in [0.1, 0.15) is 5.75 Å². The molecule has 1 saturated heterocycles. The van der Waals surface area contributed by atoms with Gasteiger partial charge in [-0.05, 0) is 25.0 Å². The van der Waals surface area contributed by atoms with Gasteiger partial charge in [-0.3, -0.25) is 4.79 Å². The fourth-order valence-electron chi connectivity index (χ4n) is 2.76. The first-order chi connectivity index (χ1) is 10.3. The van der Waals surface area contributed by atoms with Gasteiger partial charge in [0.25, 0.3) is 5.91 Å². The number of aromatic nitrogens is 1. The number of piperidine rings is 1. The molecule has 1 aromatic heterocycles. The first-order valence-electron chi connectivity index (χ1n) is 7.11. The van der Waals surface area contributed by atoms with E-state index >= 15 is 0 Å². The quantitative estimate of drug-likeness (QED) is 0.874. The van der Waals surface area contributed by atoms with Crippen molar-refractivity contribution >= 4 is 17.2 Å². The molecule has 0 aliphatic carbocycles. The lowest BCUT2D eigenvalue weighted by Gasteiger charge is -2.31. The molecule has 4 nitrogen and oxygen atoms in total. The molecule has 1 aromatic carbocycles. The second-order valence-electron chi connectivity index (χ2n) is 5.14. The van der Waals surface area contributed by atoms with Crippen molar-refractivity contribution < 1.29 is 9.53 Å². The van der Waals surface area contributed by atoms with E-state index in [1.54, 1.807) is 18.4 Å². The summed E-state index contributed by atoms with van der Waals surface area (Å²) in [5, 5.41) is 3.21. The van der Waals surface area contributed by atoms with Crippen molar-refractivity contribution in [1.29, 1.82) is 0 Å². The Bertz CT molecular complexity index is 604. The summed E-state index contributed by atoms with van der Waals surface area (Å²) in [6.45, 7) is 1.56. The number of nitrogens with zero attached hydrogens (tertiary/aromatic N) is 2. The molecule has 1 aliphatic rings. The summed E-state index contributed by atoms with van der Waals surface area (Å²) in [6, 6.07) is 7.41. The number of carbonyl (C=O) groups is 1. The summed E-state index contributed by atoms with van der Waals surface area (Å²) in [5.41, 5.74) is 0.646. The minimum atomic E-state index is 0.0602. The highest BCUT2D eigenvalue weighted by Gasteiger charge is 2.26. The van der Waals surface area contributed by atoms with E-state index in [9.17, 15) is 4.79 Å². The molecule has 0 atom stereocenters. The van der Waals surface area contributed by atoms with Crippen molar-refractivity contribution in [2.24, 2.45) is 0 Å². The number of benzene rings is 1. The first kappa shape index (κ1) is 14.1. The largest absolute Gasteiger partial charge is 0.496 e. The van der Waals surface area contributed by atoms with Gasteiger partial charge in [0.2, 0.25) is 0 Å². The number of carbonyl (C=O) groups excluding carboxylic acids is 1. The molecule has 0 radical (unpaired) electrons. The predicted octanol–water partition coefficient (Wildman–Crippen LogP) is 3.17. The van der Waals surface area contributed by atoms with Crippen LogP contribution in [0, 0.1) is 0 Å². The molecular formula is C16H18N2O2S. The molecule has 21 heavy (non-hydrogen) atoms. The average molecular weight is 302 g/mol. The monoisotopic (exact) mass is 302 g/mol. The lowest BCUT2D eigenvalue weighted by molar-refractivity contribution is 0.0709. The molecule has 2 aromatic rings. The van der Waals surface area contributed by atoms with Crippen LogP contribution < -0.4 is 4.74 Å². The number of thiazole rings is 1. The highest BCUT2D eigenvalue weighted by Crippen LogP contribution is 2.30. The molecule has 0 bridgehead atoms. The van der Waals surface area contributed by atoms with Crippen LogP contribution in [0.25, 0.3) is 0 Å². The normalized spacial score (nSPS) is 16.0. The zero-order chi connectivity index (χ0) is 14.7. The van der Waals surface area contributed by atoms with E-state index in [0.29, 0.717) is 17.2 Å². The van der Waals surface area contributed by atoms with Crippen LogP contribution in [0.2, 0.25) is 0 Å². The molecule has 1 amide bonds. The van der Waals surface area contributed by atoms with Gasteiger partial charge in [0.15, 0.2) is 0 Å². The first-order valence-corrected chi connectivity index (χ1v) is 7.99. The molecule has 1 fully saturated rings. The minimum Gasteiger partial charge on any atom is -0.496 e. The SMILES string of the molecule is COc1ccccc1C(=O)N1CCC(c2nccs2)CC1. The molecule has 2 heterocycles. The maximum absolute atomic E-state index is 12.6. The van der Waals surface area contributed by atoms with Gasteiger partial charge in [0.05, 0.1) is 17.7 Å². The Hall–Kier alpha value is -1.88. The van der Waals surface area contributed by atoms with E-state index in [-0.39, 0.29) is 5.91 Å². The highest BCUT2D eigenvalue weighted by molar-refractivity contribution is 7.09. The van der Waals surface area contributed by atoms with Gasteiger partial charge < -0.3 is 9.64 Å². The lowest BCUT2D eigenvalue weighted by Crippen LogP contribution is -2.38. The molecule has 1 aliphatic heterocycles. The summed E-state index contributed by atoms with van der Waals surface area (Å²) < 4.78 is 5.28. The van der Waals surface area contributed by atoms with Crippen LogP contribution in [0.4, 0.5) is 0 Å². The van der Waals surface area contributed by atoms with Crippen molar-refractivity contribution in [2.75, 3.05) is 20.2 Å². The number of amides is 1. The van der Waals surface area contributed by atoms with E-state index in [4.69, 9.17) is 4.74 Å². The molecule has 110 valence electrons. The second kappa shape index (κ2) is 6.26. The Morgan fingerprint density at radius 3 is 2.76 bits per heavy atom. The topological polar surface area (TPSA) is 42.4 Å². The van der Waals surface area contributed by atoms with Crippen molar-refractivity contribution in [1.82, 2.24) is 9.88 Å². The van der Waals surface area contributed by atoms with E-state index in [1.807, 2.05) is 40.7 Å². The van der Waals surface area contributed by atoms with Gasteiger partial charge in [-0.1, -0.05) is 12.1 Å². The Labute approximate surface area is 128 Å². The molecule has 0 spiro atoms. The smallest absolute Gasteiger partial charge is 0.257 e. The summed E-state index contributed by atoms with van der Waals surface area (Å²) in [7, 11) is 1.60. The van der Waals surface area contributed by atoms with E-state index < -0.39 is 0 Å². The van der Waals surface area contributed by atoms with Gasteiger partial charge in [-0.2, -0.15) is 0 Å². The van der Waals surface area contributed by atoms with Gasteiger partial charge in [0, 0.05) is 30.6 Å². The van der Waals surface area contributed by atoms with Crippen molar-refractivity contribution in [3.8, 4) is 5.75 Å². The fraction of sp³-hybridized carbons (Fsp3) is 0.375. The van der Waals surface area contributed by atoms with E-state index in [0.717, 1.165) is 25.9 Å². The molecule has 0 unspecified atom stereocenters. The molecule has 5 heteroatoms.